The number of hydrogen-bond donors (Lipinski definition) is 3. The number of carbonyl (C=O) groups is 1. The average Bonchev–Trinajstić information content (AvgIpc) is 2.92. The van der Waals surface area contributed by atoms with Gasteiger partial charge in [-0.3, -0.25) is 15.6 Å². The van der Waals surface area contributed by atoms with E-state index in [9.17, 15) is 4.79 Å². The van der Waals surface area contributed by atoms with Gasteiger partial charge in [0.1, 0.15) is 6.54 Å². The number of carbonyl (C=O) groups excluding carboxylic acids is 1. The molecular formula is C11H11ClN6OS. The minimum atomic E-state index is -0.318. The summed E-state index contributed by atoms with van der Waals surface area (Å²) in [6.45, 7) is 0.00353. The van der Waals surface area contributed by atoms with Gasteiger partial charge in [0.05, 0.1) is 12.4 Å². The highest BCUT2D eigenvalue weighted by Crippen LogP contribution is 2.12. The molecule has 2 rings (SSSR count). The van der Waals surface area contributed by atoms with Crippen LogP contribution in [0, 0.1) is 0 Å². The molecule has 9 heteroatoms. The third-order valence-electron chi connectivity index (χ3n) is 2.17. The van der Waals surface area contributed by atoms with Crippen LogP contribution in [0.4, 0.5) is 5.69 Å². The summed E-state index contributed by atoms with van der Waals surface area (Å²) in [5.41, 5.74) is 5.77. The van der Waals surface area contributed by atoms with Crippen LogP contribution >= 0.6 is 23.8 Å². The van der Waals surface area contributed by atoms with Gasteiger partial charge in [-0.15, -0.1) is 0 Å². The molecule has 0 aliphatic heterocycles. The number of anilines is 1. The molecule has 104 valence electrons. The quantitative estimate of drug-likeness (QED) is 0.578. The molecular weight excluding hydrogens is 300 g/mol. The SMILES string of the molecule is O=C(Cn1nccn1)NNC(=S)Nc1ccc(Cl)cc1. The van der Waals surface area contributed by atoms with E-state index in [0.29, 0.717) is 5.02 Å². The van der Waals surface area contributed by atoms with Gasteiger partial charge in [-0.25, -0.2) is 0 Å². The maximum absolute atomic E-state index is 11.5. The highest BCUT2D eigenvalue weighted by Gasteiger charge is 2.04. The number of thiocarbonyl (C=S) groups is 1. The summed E-state index contributed by atoms with van der Waals surface area (Å²) in [6, 6.07) is 7.00. The van der Waals surface area contributed by atoms with Gasteiger partial charge >= 0.3 is 0 Å². The molecule has 1 aromatic heterocycles. The monoisotopic (exact) mass is 310 g/mol. The van der Waals surface area contributed by atoms with E-state index in [1.54, 1.807) is 24.3 Å². The van der Waals surface area contributed by atoms with E-state index in [2.05, 4.69) is 26.4 Å². The number of benzene rings is 1. The highest BCUT2D eigenvalue weighted by atomic mass is 35.5. The fourth-order valence-electron chi connectivity index (χ4n) is 1.32. The Morgan fingerprint density at radius 3 is 2.50 bits per heavy atom. The number of nitrogens with zero attached hydrogens (tertiary/aromatic N) is 3. The van der Waals surface area contributed by atoms with Crippen LogP contribution in [0.2, 0.25) is 5.02 Å². The smallest absolute Gasteiger partial charge is 0.261 e. The van der Waals surface area contributed by atoms with Crippen LogP contribution in [-0.4, -0.2) is 26.0 Å². The minimum Gasteiger partial charge on any atom is -0.331 e. The predicted molar refractivity (Wildman–Crippen MR) is 79.0 cm³/mol. The topological polar surface area (TPSA) is 83.9 Å². The Morgan fingerprint density at radius 1 is 1.20 bits per heavy atom. The van der Waals surface area contributed by atoms with Crippen molar-refractivity contribution in [1.29, 1.82) is 0 Å². The zero-order valence-corrected chi connectivity index (χ0v) is 11.8. The Kier molecular flexibility index (Phi) is 4.85. The summed E-state index contributed by atoms with van der Waals surface area (Å²) in [4.78, 5) is 12.8. The van der Waals surface area contributed by atoms with Crippen LogP contribution in [0.5, 0.6) is 0 Å². The Hall–Kier alpha value is -2.19. The van der Waals surface area contributed by atoms with E-state index in [-0.39, 0.29) is 17.6 Å². The van der Waals surface area contributed by atoms with Gasteiger partial charge < -0.3 is 5.32 Å². The molecule has 3 N–H and O–H groups in total. The number of hydrazine groups is 1. The predicted octanol–water partition coefficient (Wildman–Crippen LogP) is 0.949. The second kappa shape index (κ2) is 6.83. The van der Waals surface area contributed by atoms with Gasteiger partial charge in [0.2, 0.25) is 0 Å². The van der Waals surface area contributed by atoms with Crippen molar-refractivity contribution in [3.05, 3.63) is 41.7 Å². The van der Waals surface area contributed by atoms with E-state index in [1.807, 2.05) is 0 Å². The highest BCUT2D eigenvalue weighted by molar-refractivity contribution is 7.80. The minimum absolute atomic E-state index is 0.00353. The molecule has 1 heterocycles. The largest absolute Gasteiger partial charge is 0.331 e. The van der Waals surface area contributed by atoms with Gasteiger partial charge in [0, 0.05) is 10.7 Å². The van der Waals surface area contributed by atoms with Gasteiger partial charge in [-0.1, -0.05) is 11.6 Å². The summed E-state index contributed by atoms with van der Waals surface area (Å²) in [5, 5.41) is 11.4. The molecule has 1 amide bonds. The van der Waals surface area contributed by atoms with Crippen molar-refractivity contribution >= 4 is 40.5 Å². The normalized spacial score (nSPS) is 9.85. The molecule has 0 radical (unpaired) electrons. The van der Waals surface area contributed by atoms with E-state index >= 15 is 0 Å². The first kappa shape index (κ1) is 14.2. The second-order valence-corrected chi connectivity index (χ2v) is 4.54. The fourth-order valence-corrected chi connectivity index (χ4v) is 1.61. The van der Waals surface area contributed by atoms with E-state index in [1.165, 1.54) is 17.2 Å². The molecule has 0 atom stereocenters. The van der Waals surface area contributed by atoms with Crippen molar-refractivity contribution in [1.82, 2.24) is 25.8 Å². The summed E-state index contributed by atoms with van der Waals surface area (Å²) < 4.78 is 0. The first-order valence-electron chi connectivity index (χ1n) is 5.59. The molecule has 2 aromatic rings. The number of hydrogen-bond acceptors (Lipinski definition) is 4. The second-order valence-electron chi connectivity index (χ2n) is 3.69. The Balaban J connectivity index is 1.74. The molecule has 20 heavy (non-hydrogen) atoms. The Bertz CT molecular complexity index is 585. The van der Waals surface area contributed by atoms with Crippen LogP contribution in [-0.2, 0) is 11.3 Å². The number of halogens is 1. The van der Waals surface area contributed by atoms with E-state index < -0.39 is 0 Å². The third kappa shape index (κ3) is 4.48. The zero-order valence-electron chi connectivity index (χ0n) is 10.2. The Morgan fingerprint density at radius 2 is 1.85 bits per heavy atom. The van der Waals surface area contributed by atoms with Crippen LogP contribution in [0.25, 0.3) is 0 Å². The van der Waals surface area contributed by atoms with Crippen LogP contribution in [0.1, 0.15) is 0 Å². The third-order valence-corrected chi connectivity index (χ3v) is 2.63. The van der Waals surface area contributed by atoms with Crippen LogP contribution in [0.3, 0.4) is 0 Å². The number of amides is 1. The van der Waals surface area contributed by atoms with Crippen molar-refractivity contribution in [2.45, 2.75) is 6.54 Å². The van der Waals surface area contributed by atoms with Crippen molar-refractivity contribution < 1.29 is 4.79 Å². The van der Waals surface area contributed by atoms with Crippen molar-refractivity contribution in [3.8, 4) is 0 Å². The molecule has 0 bridgehead atoms. The standard InChI is InChI=1S/C11H11ClN6OS/c12-8-1-3-9(4-2-8)15-11(20)17-16-10(19)7-18-13-5-6-14-18/h1-6H,7H2,(H,16,19)(H2,15,17,20). The molecule has 0 unspecified atom stereocenters. The lowest BCUT2D eigenvalue weighted by Gasteiger charge is -2.11. The molecule has 0 aliphatic rings. The molecule has 7 nitrogen and oxygen atoms in total. The maximum Gasteiger partial charge on any atom is 0.261 e. The summed E-state index contributed by atoms with van der Waals surface area (Å²) in [5.74, 6) is -0.318. The van der Waals surface area contributed by atoms with Crippen LogP contribution in [0.15, 0.2) is 36.7 Å². The first-order chi connectivity index (χ1) is 9.63. The number of nitrogens with one attached hydrogen (secondary N) is 3. The number of aromatic nitrogens is 3. The van der Waals surface area contributed by atoms with Crippen molar-refractivity contribution in [2.24, 2.45) is 0 Å². The molecule has 0 spiro atoms. The summed E-state index contributed by atoms with van der Waals surface area (Å²) in [7, 11) is 0. The molecule has 0 saturated carbocycles. The fraction of sp³-hybridized carbons (Fsp3) is 0.0909. The van der Waals surface area contributed by atoms with Crippen molar-refractivity contribution in [3.63, 3.8) is 0 Å². The van der Waals surface area contributed by atoms with Gasteiger partial charge in [0.15, 0.2) is 5.11 Å². The van der Waals surface area contributed by atoms with Gasteiger partial charge in [-0.2, -0.15) is 15.0 Å². The average molecular weight is 311 g/mol. The lowest BCUT2D eigenvalue weighted by molar-refractivity contribution is -0.122. The Labute approximate surface area is 125 Å². The number of rotatable bonds is 3. The van der Waals surface area contributed by atoms with Gasteiger partial charge in [-0.05, 0) is 36.5 Å². The molecule has 0 saturated heterocycles. The molecule has 0 aliphatic carbocycles. The van der Waals surface area contributed by atoms with Crippen molar-refractivity contribution in [2.75, 3.05) is 5.32 Å². The maximum atomic E-state index is 11.5. The van der Waals surface area contributed by atoms with Gasteiger partial charge in [0.25, 0.3) is 5.91 Å². The zero-order chi connectivity index (χ0) is 14.4. The first-order valence-corrected chi connectivity index (χ1v) is 6.37. The lowest BCUT2D eigenvalue weighted by Crippen LogP contribution is -2.45. The van der Waals surface area contributed by atoms with Crippen LogP contribution < -0.4 is 16.2 Å². The lowest BCUT2D eigenvalue weighted by atomic mass is 10.3. The molecule has 0 fully saturated rings. The summed E-state index contributed by atoms with van der Waals surface area (Å²) >= 11 is 10.8. The van der Waals surface area contributed by atoms with E-state index in [4.69, 9.17) is 23.8 Å². The van der Waals surface area contributed by atoms with E-state index in [0.717, 1.165) is 5.69 Å². The summed E-state index contributed by atoms with van der Waals surface area (Å²) in [6.07, 6.45) is 2.99. The molecule has 1 aromatic carbocycles.